The number of cyclic esters (lactones) is 1. The Labute approximate surface area is 481 Å². The van der Waals surface area contributed by atoms with Gasteiger partial charge in [0, 0.05) is 75.3 Å². The van der Waals surface area contributed by atoms with Crippen molar-refractivity contribution in [2.45, 2.75) is 204 Å². The molecule has 5 N–H and O–H groups in total. The van der Waals surface area contributed by atoms with Crippen LogP contribution in [0, 0.1) is 17.8 Å². The monoisotopic (exact) mass is 1170 g/mol. The van der Waals surface area contributed by atoms with Gasteiger partial charge in [0.2, 0.25) is 5.43 Å². The summed E-state index contributed by atoms with van der Waals surface area (Å²) in [6, 6.07) is 2.77. The van der Waals surface area contributed by atoms with E-state index in [-0.39, 0.29) is 48.6 Å². The van der Waals surface area contributed by atoms with Crippen molar-refractivity contribution in [3.05, 3.63) is 39.1 Å². The first kappa shape index (κ1) is 64.8. The zero-order valence-electron chi connectivity index (χ0n) is 49.9. The lowest BCUT2D eigenvalue weighted by Crippen LogP contribution is -2.61. The van der Waals surface area contributed by atoms with Gasteiger partial charge in [-0.25, -0.2) is 9.59 Å². The highest BCUT2D eigenvalue weighted by molar-refractivity contribution is 6.34. The third-order valence-electron chi connectivity index (χ3n) is 17.5. The third kappa shape index (κ3) is 14.8. The van der Waals surface area contributed by atoms with Gasteiger partial charge >= 0.3 is 18.1 Å². The van der Waals surface area contributed by atoms with Crippen molar-refractivity contribution in [1.29, 1.82) is 0 Å². The molecule has 81 heavy (non-hydrogen) atoms. The van der Waals surface area contributed by atoms with E-state index in [9.17, 15) is 34.5 Å². The molecule has 0 amide bonds. The summed E-state index contributed by atoms with van der Waals surface area (Å²) in [5, 5.41) is 41.6. The molecule has 5 heterocycles. The fraction of sp³-hybridized carbons (Fsp3) is 0.793. The Balaban J connectivity index is 1.01. The fourth-order valence-electron chi connectivity index (χ4n) is 12.8. The summed E-state index contributed by atoms with van der Waals surface area (Å²) < 4.78 is 65.4. The van der Waals surface area contributed by atoms with Crippen LogP contribution in [-0.2, 0) is 52.2 Å². The zero-order valence-corrected chi connectivity index (χ0v) is 50.7. The van der Waals surface area contributed by atoms with Crippen LogP contribution in [0.2, 0.25) is 5.02 Å². The molecule has 23 heteroatoms. The molecule has 4 aliphatic heterocycles. The topological polar surface area (TPSA) is 257 Å². The van der Waals surface area contributed by atoms with Gasteiger partial charge in [-0.05, 0) is 120 Å². The maximum Gasteiger partial charge on any atom is 0.509 e. The number of carbonyl (C=O) groups excluding carboxylic acids is 2. The lowest BCUT2D eigenvalue weighted by molar-refractivity contribution is -0.320. The van der Waals surface area contributed by atoms with Gasteiger partial charge in [0.15, 0.2) is 24.3 Å². The summed E-state index contributed by atoms with van der Waals surface area (Å²) in [4.78, 5) is 56.7. The van der Waals surface area contributed by atoms with Gasteiger partial charge in [0.25, 0.3) is 0 Å². The lowest BCUT2D eigenvalue weighted by Gasteiger charge is -2.49. The van der Waals surface area contributed by atoms with Crippen LogP contribution in [0.3, 0.4) is 0 Å². The Hall–Kier alpha value is -3.75. The smallest absolute Gasteiger partial charge is 0.477 e. The molecule has 0 bridgehead atoms. The molecule has 1 aromatic heterocycles. The second kappa shape index (κ2) is 27.1. The highest BCUT2D eigenvalue weighted by atomic mass is 35.5. The number of ether oxygens (including phenoxy) is 10. The van der Waals surface area contributed by atoms with Crippen molar-refractivity contribution in [2.75, 3.05) is 79.6 Å². The van der Waals surface area contributed by atoms with Crippen molar-refractivity contribution in [3.8, 4) is 0 Å². The Bertz CT molecular complexity index is 2540. The minimum Gasteiger partial charge on any atom is -0.477 e. The van der Waals surface area contributed by atoms with E-state index in [2.05, 4.69) is 15.5 Å². The number of pyridine rings is 1. The third-order valence-corrected chi connectivity index (χ3v) is 17.8. The number of nitrogens with zero attached hydrogens (tertiary/aromatic N) is 3. The molecule has 7 rings (SSSR count). The van der Waals surface area contributed by atoms with Crippen LogP contribution in [-0.4, -0.2) is 212 Å². The summed E-state index contributed by atoms with van der Waals surface area (Å²) in [6.07, 6.45) is -4.75. The standard InChI is InChI=1S/C58H92ClN5O17/c1-15-44-58(10)50(80-55(70)81-58)35(6)63(13)29-31(2)27-56(8,71)49(79-54-47(66)43(62(11)12)24-32(3)75-54)33(4)48(34(5)53(69)77-44)78-45-28-57(9,72-14)51(36(7)76-45)74-23-19-60-18-21-73-22-20-61-41-25-38-42(26-40(41)59)64(37-16-17-37)30-39(46(38)65)52(67)68/h25-26,30-37,43-45,47-51,54,60-61,66,71H,15-24,27-29H2,1-14H3,(H,67,68)/t31-,32-,33+,34-,35-,36+,43+,44-,45+,47-,48+,49+,50-,51+,54+,56-,57-,58-/m1/s1. The van der Waals surface area contributed by atoms with Gasteiger partial charge in [-0.3, -0.25) is 14.5 Å². The number of aliphatic hydroxyl groups excluding tert-OH is 1. The van der Waals surface area contributed by atoms with Gasteiger partial charge in [-0.15, -0.1) is 0 Å². The van der Waals surface area contributed by atoms with Gasteiger partial charge in [0.1, 0.15) is 23.9 Å². The molecule has 5 fully saturated rings. The molecule has 1 aromatic carbocycles. The van der Waals surface area contributed by atoms with Crippen molar-refractivity contribution < 1.29 is 77.1 Å². The van der Waals surface area contributed by atoms with Crippen LogP contribution in [0.4, 0.5) is 10.5 Å². The SMILES string of the molecule is CC[C@H]1OC(=O)[C@H](C)[C@@H](O[C@H]2C[C@@](C)(OC)[C@@H](OCCNCCOCCNc3cc4c(=O)c(C(=O)O)cn(C5CC5)c4cc3Cl)[C@H](C)O2)[C@H](C)[C@H](O[C@@H]2O[C@H](C)C[C@H](N(C)C)[C@H]2O)[C@](C)(O)C[C@@H](C)CN(C)[C@H](C)[C@H]2OC(=O)O[C@@]21C. The highest BCUT2D eigenvalue weighted by Crippen LogP contribution is 2.43. The molecule has 458 valence electrons. The number of nitrogens with one attached hydrogen (secondary N) is 2. The number of hydrogen-bond acceptors (Lipinski definition) is 20. The summed E-state index contributed by atoms with van der Waals surface area (Å²) in [7, 11) is 7.30. The van der Waals surface area contributed by atoms with Crippen LogP contribution in [0.1, 0.15) is 124 Å². The van der Waals surface area contributed by atoms with Crippen LogP contribution in [0.15, 0.2) is 23.1 Å². The van der Waals surface area contributed by atoms with E-state index in [1.54, 1.807) is 40.0 Å². The molecule has 4 saturated heterocycles. The Morgan fingerprint density at radius 2 is 1.63 bits per heavy atom. The molecule has 1 saturated carbocycles. The average molecular weight is 1170 g/mol. The molecule has 0 radical (unpaired) electrons. The summed E-state index contributed by atoms with van der Waals surface area (Å²) in [6.45, 7) is 21.5. The number of aromatic carboxylic acids is 1. The van der Waals surface area contributed by atoms with Crippen molar-refractivity contribution in [2.24, 2.45) is 17.8 Å². The maximum absolute atomic E-state index is 14.8. The number of benzene rings is 1. The molecule has 22 nitrogen and oxygen atoms in total. The minimum atomic E-state index is -1.59. The molecule has 1 aliphatic carbocycles. The second-order valence-corrected chi connectivity index (χ2v) is 24.8. The number of likely N-dealkylation sites (N-methyl/N-ethyl adjacent to an activating group) is 2. The van der Waals surface area contributed by atoms with Crippen molar-refractivity contribution >= 4 is 46.3 Å². The van der Waals surface area contributed by atoms with E-state index in [0.717, 1.165) is 12.8 Å². The number of carbonyl (C=O) groups is 3. The van der Waals surface area contributed by atoms with Crippen LogP contribution in [0.25, 0.3) is 10.9 Å². The minimum absolute atomic E-state index is 0.143. The quantitative estimate of drug-likeness (QED) is 0.0772. The average Bonchev–Trinajstić information content (AvgIpc) is 4.26. The number of halogens is 1. The summed E-state index contributed by atoms with van der Waals surface area (Å²) >= 11 is 6.62. The number of hydrogen-bond donors (Lipinski definition) is 5. The maximum atomic E-state index is 14.8. The number of carboxylic acid groups (broad SMARTS) is 1. The normalized spacial score (nSPS) is 37.5. The number of aromatic nitrogens is 1. The van der Waals surface area contributed by atoms with Gasteiger partial charge in [-0.2, -0.15) is 0 Å². The number of methoxy groups -OCH3 is 1. The van der Waals surface area contributed by atoms with E-state index in [1.807, 2.05) is 79.1 Å². The summed E-state index contributed by atoms with van der Waals surface area (Å²) in [5.74, 6) is -3.86. The number of anilines is 1. The first-order valence-electron chi connectivity index (χ1n) is 28.9. The van der Waals surface area contributed by atoms with E-state index in [4.69, 9.17) is 59.0 Å². The largest absolute Gasteiger partial charge is 0.509 e. The van der Waals surface area contributed by atoms with E-state index in [1.165, 1.54) is 6.20 Å². The van der Waals surface area contributed by atoms with Crippen molar-refractivity contribution in [3.63, 3.8) is 0 Å². The van der Waals surface area contributed by atoms with Gasteiger partial charge < -0.3 is 82.8 Å². The first-order chi connectivity index (χ1) is 38.1. The molecule has 0 unspecified atom stereocenters. The zero-order chi connectivity index (χ0) is 59.5. The summed E-state index contributed by atoms with van der Waals surface area (Å²) in [5.41, 5.74) is -3.58. The second-order valence-electron chi connectivity index (χ2n) is 24.4. The molecule has 18 atom stereocenters. The Morgan fingerprint density at radius 1 is 0.938 bits per heavy atom. The number of aliphatic hydroxyl groups is 2. The lowest BCUT2D eigenvalue weighted by atomic mass is 9.77. The molecular weight excluding hydrogens is 1070 g/mol. The highest BCUT2D eigenvalue weighted by Gasteiger charge is 2.58. The van der Waals surface area contributed by atoms with E-state index in [0.29, 0.717) is 80.5 Å². The van der Waals surface area contributed by atoms with E-state index < -0.39 is 107 Å². The van der Waals surface area contributed by atoms with Crippen LogP contribution >= 0.6 is 11.6 Å². The van der Waals surface area contributed by atoms with Crippen molar-refractivity contribution in [1.82, 2.24) is 19.7 Å². The molecule has 0 spiro atoms. The fourth-order valence-corrected chi connectivity index (χ4v) is 13.1. The number of carboxylic acids is 1. The predicted octanol–water partition coefficient (Wildman–Crippen LogP) is 5.83. The number of fused-ring (bicyclic) bond motifs is 2. The van der Waals surface area contributed by atoms with Crippen LogP contribution in [0.5, 0.6) is 0 Å². The Kier molecular flexibility index (Phi) is 21.7. The van der Waals surface area contributed by atoms with E-state index >= 15 is 0 Å². The van der Waals surface area contributed by atoms with Gasteiger partial charge in [0.05, 0.1) is 77.6 Å². The number of esters is 1. The predicted molar refractivity (Wildman–Crippen MR) is 302 cm³/mol. The molecular formula is C58H92ClN5O17. The molecule has 2 aromatic rings. The number of rotatable bonds is 20. The molecule has 5 aliphatic rings. The van der Waals surface area contributed by atoms with Gasteiger partial charge in [-0.1, -0.05) is 32.4 Å². The Morgan fingerprint density at radius 3 is 2.28 bits per heavy atom. The first-order valence-corrected chi connectivity index (χ1v) is 29.3. The van der Waals surface area contributed by atoms with Crippen LogP contribution < -0.4 is 16.1 Å².